The number of rotatable bonds is 5. The van der Waals surface area contributed by atoms with Crippen LogP contribution in [0.4, 0.5) is 5.69 Å². The highest BCUT2D eigenvalue weighted by Gasteiger charge is 2.36. The van der Waals surface area contributed by atoms with Gasteiger partial charge in [0.2, 0.25) is 11.8 Å². The lowest BCUT2D eigenvalue weighted by molar-refractivity contribution is -0.127. The molecule has 3 aromatic rings. The van der Waals surface area contributed by atoms with Crippen LogP contribution < -0.4 is 15.8 Å². The van der Waals surface area contributed by atoms with Gasteiger partial charge in [-0.3, -0.25) is 14.4 Å². The van der Waals surface area contributed by atoms with Crippen molar-refractivity contribution in [3.63, 3.8) is 0 Å². The molecule has 170 valence electrons. The first-order valence-electron chi connectivity index (χ1n) is 11.2. The average molecular weight is 447 g/mol. The quantitative estimate of drug-likeness (QED) is 0.634. The second kappa shape index (κ2) is 8.97. The standard InChI is InChI=1S/C23H25N7O3/c31-21-11-10-20(29-15-24-14-25-29)27-30(21)19-8-6-17(7-9-19)26-23(33)16-12-22(32)28(13-16)18-4-2-1-3-5-18/h1-5,10-11,14-17,19H,6-9,12-13H2,(H,26,33). The molecule has 0 bridgehead atoms. The van der Waals surface area contributed by atoms with E-state index in [1.165, 1.54) is 28.1 Å². The topological polar surface area (TPSA) is 115 Å². The van der Waals surface area contributed by atoms with E-state index in [0.717, 1.165) is 31.4 Å². The normalized spacial score (nSPS) is 23.0. The number of anilines is 1. The van der Waals surface area contributed by atoms with E-state index in [1.807, 2.05) is 30.3 Å². The summed E-state index contributed by atoms with van der Waals surface area (Å²) in [5.74, 6) is 0.0898. The molecule has 1 aliphatic carbocycles. The average Bonchev–Trinajstić information content (AvgIpc) is 3.51. The van der Waals surface area contributed by atoms with Crippen LogP contribution in [0.1, 0.15) is 38.1 Å². The van der Waals surface area contributed by atoms with E-state index >= 15 is 0 Å². The third kappa shape index (κ3) is 4.41. The van der Waals surface area contributed by atoms with Gasteiger partial charge in [-0.05, 0) is 43.9 Å². The van der Waals surface area contributed by atoms with E-state index in [4.69, 9.17) is 0 Å². The third-order valence-electron chi connectivity index (χ3n) is 6.42. The van der Waals surface area contributed by atoms with Crippen molar-refractivity contribution in [2.45, 2.75) is 44.2 Å². The Kier molecular flexibility index (Phi) is 5.72. The van der Waals surface area contributed by atoms with Crippen LogP contribution in [0.2, 0.25) is 0 Å². The van der Waals surface area contributed by atoms with Crippen LogP contribution in [0.3, 0.4) is 0 Å². The van der Waals surface area contributed by atoms with Crippen molar-refractivity contribution in [2.75, 3.05) is 11.4 Å². The Morgan fingerprint density at radius 3 is 2.52 bits per heavy atom. The molecule has 2 aliphatic rings. The highest BCUT2D eigenvalue weighted by atomic mass is 16.2. The first-order chi connectivity index (χ1) is 16.1. The maximum atomic E-state index is 12.8. The van der Waals surface area contributed by atoms with Crippen LogP contribution in [0, 0.1) is 5.92 Å². The van der Waals surface area contributed by atoms with E-state index < -0.39 is 0 Å². The fourth-order valence-electron chi connectivity index (χ4n) is 4.65. The molecule has 1 atom stereocenters. The first kappa shape index (κ1) is 21.0. The number of amides is 2. The summed E-state index contributed by atoms with van der Waals surface area (Å²) < 4.78 is 3.03. The molecule has 5 rings (SSSR count). The van der Waals surface area contributed by atoms with E-state index in [-0.39, 0.29) is 41.8 Å². The smallest absolute Gasteiger partial charge is 0.267 e. The van der Waals surface area contributed by atoms with Crippen molar-refractivity contribution >= 4 is 17.5 Å². The molecule has 1 aromatic carbocycles. The summed E-state index contributed by atoms with van der Waals surface area (Å²) in [6, 6.07) is 12.6. The van der Waals surface area contributed by atoms with Gasteiger partial charge in [0, 0.05) is 30.8 Å². The van der Waals surface area contributed by atoms with Gasteiger partial charge in [-0.2, -0.15) is 5.10 Å². The van der Waals surface area contributed by atoms with Gasteiger partial charge < -0.3 is 10.2 Å². The third-order valence-corrected chi connectivity index (χ3v) is 6.42. The molecule has 0 spiro atoms. The number of carbonyl (C=O) groups is 2. The van der Waals surface area contributed by atoms with Crippen molar-refractivity contribution in [1.82, 2.24) is 29.9 Å². The van der Waals surface area contributed by atoms with Crippen molar-refractivity contribution in [3.05, 3.63) is 65.5 Å². The number of carbonyl (C=O) groups excluding carboxylic acids is 2. The first-order valence-corrected chi connectivity index (χ1v) is 11.2. The highest BCUT2D eigenvalue weighted by Crippen LogP contribution is 2.29. The zero-order valence-electron chi connectivity index (χ0n) is 18.1. The summed E-state index contributed by atoms with van der Waals surface area (Å²) in [4.78, 5) is 43.3. The number of benzene rings is 1. The largest absolute Gasteiger partial charge is 0.353 e. The Balaban J connectivity index is 1.18. The van der Waals surface area contributed by atoms with Crippen molar-refractivity contribution < 1.29 is 9.59 Å². The van der Waals surface area contributed by atoms with Gasteiger partial charge in [-0.15, -0.1) is 5.10 Å². The maximum Gasteiger partial charge on any atom is 0.267 e. The van der Waals surface area contributed by atoms with Gasteiger partial charge in [-0.25, -0.2) is 14.3 Å². The molecule has 1 saturated heterocycles. The predicted molar refractivity (Wildman–Crippen MR) is 120 cm³/mol. The number of nitrogens with zero attached hydrogens (tertiary/aromatic N) is 6. The van der Waals surface area contributed by atoms with Gasteiger partial charge >= 0.3 is 0 Å². The summed E-state index contributed by atoms with van der Waals surface area (Å²) in [7, 11) is 0. The molecule has 2 amide bonds. The number of aromatic nitrogens is 5. The van der Waals surface area contributed by atoms with Crippen LogP contribution in [-0.4, -0.2) is 48.9 Å². The fraction of sp³-hybridized carbons (Fsp3) is 0.391. The number of nitrogens with one attached hydrogen (secondary N) is 1. The molecule has 10 heteroatoms. The molecule has 0 radical (unpaired) electrons. The monoisotopic (exact) mass is 447 g/mol. The maximum absolute atomic E-state index is 12.8. The zero-order valence-corrected chi connectivity index (χ0v) is 18.1. The van der Waals surface area contributed by atoms with Gasteiger partial charge in [0.15, 0.2) is 5.82 Å². The van der Waals surface area contributed by atoms with Gasteiger partial charge in [0.25, 0.3) is 5.56 Å². The van der Waals surface area contributed by atoms with Crippen molar-refractivity contribution in [1.29, 1.82) is 0 Å². The van der Waals surface area contributed by atoms with Crippen molar-refractivity contribution in [3.8, 4) is 5.82 Å². The van der Waals surface area contributed by atoms with Crippen LogP contribution in [0.25, 0.3) is 5.82 Å². The summed E-state index contributed by atoms with van der Waals surface area (Å²) in [5, 5.41) is 11.7. The van der Waals surface area contributed by atoms with Crippen LogP contribution >= 0.6 is 0 Å². The van der Waals surface area contributed by atoms with E-state index in [9.17, 15) is 14.4 Å². The Hall–Kier alpha value is -3.82. The van der Waals surface area contributed by atoms with E-state index in [1.54, 1.807) is 11.0 Å². The second-order valence-electron chi connectivity index (χ2n) is 8.57. The fourth-order valence-corrected chi connectivity index (χ4v) is 4.65. The minimum atomic E-state index is -0.348. The molecule has 33 heavy (non-hydrogen) atoms. The summed E-state index contributed by atoms with van der Waals surface area (Å²) in [5.41, 5.74) is 0.668. The minimum absolute atomic E-state index is 0.0252. The summed E-state index contributed by atoms with van der Waals surface area (Å²) >= 11 is 0. The van der Waals surface area contributed by atoms with Crippen molar-refractivity contribution in [2.24, 2.45) is 5.92 Å². The Morgan fingerprint density at radius 2 is 1.79 bits per heavy atom. The van der Waals surface area contributed by atoms with Crippen LogP contribution in [-0.2, 0) is 9.59 Å². The van der Waals surface area contributed by atoms with Gasteiger partial charge in [0.1, 0.15) is 12.7 Å². The molecule has 1 saturated carbocycles. The number of hydrogen-bond donors (Lipinski definition) is 1. The van der Waals surface area contributed by atoms with Crippen LogP contribution in [0.5, 0.6) is 0 Å². The SMILES string of the molecule is O=C(NC1CCC(n2nc(-n3cncn3)ccc2=O)CC1)C1CC(=O)N(c2ccccc2)C1. The summed E-state index contributed by atoms with van der Waals surface area (Å²) in [6.45, 7) is 0.401. The number of hydrogen-bond acceptors (Lipinski definition) is 6. The lowest BCUT2D eigenvalue weighted by Crippen LogP contribution is -2.42. The predicted octanol–water partition coefficient (Wildman–Crippen LogP) is 1.48. The molecule has 3 heterocycles. The molecule has 1 N–H and O–H groups in total. The Morgan fingerprint density at radius 1 is 1.00 bits per heavy atom. The highest BCUT2D eigenvalue weighted by molar-refractivity contribution is 6.00. The molecular weight excluding hydrogens is 422 g/mol. The van der Waals surface area contributed by atoms with E-state index in [0.29, 0.717) is 12.4 Å². The molecule has 1 unspecified atom stereocenters. The molecule has 1 aliphatic heterocycles. The summed E-state index contributed by atoms with van der Waals surface area (Å²) in [6.07, 6.45) is 6.15. The van der Waals surface area contributed by atoms with Gasteiger partial charge in [-0.1, -0.05) is 18.2 Å². The lowest BCUT2D eigenvalue weighted by atomic mass is 9.90. The minimum Gasteiger partial charge on any atom is -0.353 e. The van der Waals surface area contributed by atoms with Crippen LogP contribution in [0.15, 0.2) is 59.9 Å². The van der Waals surface area contributed by atoms with Gasteiger partial charge in [0.05, 0.1) is 12.0 Å². The molecule has 2 aromatic heterocycles. The Labute approximate surface area is 190 Å². The zero-order chi connectivity index (χ0) is 22.8. The molecular formula is C23H25N7O3. The second-order valence-corrected chi connectivity index (χ2v) is 8.57. The lowest BCUT2D eigenvalue weighted by Gasteiger charge is -2.30. The Bertz CT molecular complexity index is 1180. The molecule has 10 nitrogen and oxygen atoms in total. The molecule has 2 fully saturated rings. The number of para-hydroxylation sites is 1. The van der Waals surface area contributed by atoms with E-state index in [2.05, 4.69) is 20.5 Å².